The van der Waals surface area contributed by atoms with E-state index < -0.39 is 0 Å². The molecule has 0 bridgehead atoms. The van der Waals surface area contributed by atoms with Gasteiger partial charge in [-0.3, -0.25) is 9.59 Å². The van der Waals surface area contributed by atoms with Gasteiger partial charge in [-0.15, -0.1) is 0 Å². The Balaban J connectivity index is 1.35. The second-order valence-electron chi connectivity index (χ2n) is 8.07. The summed E-state index contributed by atoms with van der Waals surface area (Å²) in [6, 6.07) is 15.9. The molecule has 1 N–H and O–H groups in total. The minimum atomic E-state index is -0.0839. The molecule has 2 amide bonds. The van der Waals surface area contributed by atoms with Crippen molar-refractivity contribution in [2.45, 2.75) is 26.2 Å². The normalized spacial score (nSPS) is 17.0. The van der Waals surface area contributed by atoms with Crippen molar-refractivity contribution in [2.24, 2.45) is 5.10 Å². The first-order chi connectivity index (χ1) is 15.1. The summed E-state index contributed by atoms with van der Waals surface area (Å²) in [6.45, 7) is 3.16. The number of aryl methyl sites for hydroxylation is 1. The van der Waals surface area contributed by atoms with E-state index in [0.717, 1.165) is 17.5 Å². The number of nitrogens with zero attached hydrogens (tertiary/aromatic N) is 3. The van der Waals surface area contributed by atoms with Gasteiger partial charge in [0.15, 0.2) is 0 Å². The molecule has 0 aliphatic carbocycles. The molecule has 156 valence electrons. The number of amides is 2. The van der Waals surface area contributed by atoms with Crippen LogP contribution in [0.2, 0.25) is 0 Å². The van der Waals surface area contributed by atoms with Gasteiger partial charge >= 0.3 is 0 Å². The quantitative estimate of drug-likeness (QED) is 0.698. The van der Waals surface area contributed by atoms with Crippen molar-refractivity contribution in [3.8, 4) is 0 Å². The van der Waals surface area contributed by atoms with Gasteiger partial charge in [0, 0.05) is 48.6 Å². The first kappa shape index (κ1) is 19.3. The maximum Gasteiger partial charge on any atom is 0.270 e. The number of hydrazone groups is 1. The van der Waals surface area contributed by atoms with E-state index in [0.29, 0.717) is 37.3 Å². The summed E-state index contributed by atoms with van der Waals surface area (Å²) in [6.07, 6.45) is 5.65. The third-order valence-corrected chi connectivity index (χ3v) is 5.96. The van der Waals surface area contributed by atoms with Gasteiger partial charge in [-0.25, -0.2) is 5.01 Å². The number of aromatic amines is 1. The van der Waals surface area contributed by atoms with Crippen molar-refractivity contribution >= 4 is 39.7 Å². The second kappa shape index (κ2) is 7.87. The molecule has 31 heavy (non-hydrogen) atoms. The number of nitrogens with one attached hydrogen (secondary N) is 1. The molecule has 3 heterocycles. The Morgan fingerprint density at radius 1 is 1.06 bits per heavy atom. The Morgan fingerprint density at radius 2 is 1.94 bits per heavy atom. The van der Waals surface area contributed by atoms with E-state index in [2.05, 4.69) is 28.3 Å². The van der Waals surface area contributed by atoms with Crippen molar-refractivity contribution < 1.29 is 9.59 Å². The molecule has 2 aliphatic rings. The lowest BCUT2D eigenvalue weighted by atomic mass is 9.98. The molecule has 6 heteroatoms. The number of carbonyl (C=O) groups excluding carboxylic acids is 2. The molecule has 1 aromatic heterocycles. The SMILES string of the molecule is Cc1cccc(N2N=C(C(=O)N3CC=C(c4c[nH]c5ccccc45)CC3)CCC2=O)c1. The number of hydrogen-bond acceptors (Lipinski definition) is 3. The van der Waals surface area contributed by atoms with E-state index in [4.69, 9.17) is 0 Å². The highest BCUT2D eigenvalue weighted by Gasteiger charge is 2.29. The Hall–Kier alpha value is -3.67. The van der Waals surface area contributed by atoms with E-state index in [-0.39, 0.29) is 11.8 Å². The summed E-state index contributed by atoms with van der Waals surface area (Å²) in [4.78, 5) is 30.7. The zero-order valence-electron chi connectivity index (χ0n) is 17.5. The molecule has 2 aliphatic heterocycles. The third-order valence-electron chi connectivity index (χ3n) is 5.96. The Morgan fingerprint density at radius 3 is 2.74 bits per heavy atom. The molecule has 0 unspecified atom stereocenters. The minimum Gasteiger partial charge on any atom is -0.361 e. The first-order valence-electron chi connectivity index (χ1n) is 10.6. The van der Waals surface area contributed by atoms with Gasteiger partial charge in [0.05, 0.1) is 5.69 Å². The van der Waals surface area contributed by atoms with Gasteiger partial charge in [0.2, 0.25) is 5.91 Å². The predicted octanol–water partition coefficient (Wildman–Crippen LogP) is 4.28. The van der Waals surface area contributed by atoms with E-state index >= 15 is 0 Å². The summed E-state index contributed by atoms with van der Waals surface area (Å²) >= 11 is 0. The van der Waals surface area contributed by atoms with Crippen LogP contribution < -0.4 is 5.01 Å². The molecule has 6 nitrogen and oxygen atoms in total. The minimum absolute atomic E-state index is 0.0812. The largest absolute Gasteiger partial charge is 0.361 e. The lowest BCUT2D eigenvalue weighted by molar-refractivity contribution is -0.124. The van der Waals surface area contributed by atoms with Crippen LogP contribution in [-0.4, -0.2) is 40.5 Å². The zero-order valence-corrected chi connectivity index (χ0v) is 17.5. The standard InChI is InChI=1S/C25H24N4O2/c1-17-5-4-6-19(15-17)29-24(30)10-9-23(27-29)25(31)28-13-11-18(12-14-28)21-16-26-22-8-3-2-7-20(21)22/h2-8,11,15-16,26H,9-10,12-14H2,1H3. The summed E-state index contributed by atoms with van der Waals surface area (Å²) in [5, 5.41) is 7.02. The van der Waals surface area contributed by atoms with Crippen molar-refractivity contribution in [2.75, 3.05) is 18.1 Å². The maximum absolute atomic E-state index is 13.1. The van der Waals surface area contributed by atoms with Crippen LogP contribution in [0.1, 0.15) is 30.4 Å². The van der Waals surface area contributed by atoms with Crippen molar-refractivity contribution in [1.29, 1.82) is 0 Å². The molecule has 0 saturated heterocycles. The molecule has 0 atom stereocenters. The van der Waals surface area contributed by atoms with Gasteiger partial charge in [-0.05, 0) is 42.7 Å². The monoisotopic (exact) mass is 412 g/mol. The van der Waals surface area contributed by atoms with Gasteiger partial charge in [-0.2, -0.15) is 5.10 Å². The van der Waals surface area contributed by atoms with E-state index in [1.54, 1.807) is 0 Å². The number of fused-ring (bicyclic) bond motifs is 1. The highest BCUT2D eigenvalue weighted by Crippen LogP contribution is 2.29. The predicted molar refractivity (Wildman–Crippen MR) is 123 cm³/mol. The lowest BCUT2D eigenvalue weighted by Crippen LogP contribution is -2.43. The average molecular weight is 412 g/mol. The second-order valence-corrected chi connectivity index (χ2v) is 8.07. The summed E-state index contributed by atoms with van der Waals surface area (Å²) in [7, 11) is 0. The fourth-order valence-corrected chi connectivity index (χ4v) is 4.29. The molecule has 0 fully saturated rings. The fraction of sp³-hybridized carbons (Fsp3) is 0.240. The molecule has 3 aromatic rings. The van der Waals surface area contributed by atoms with Crippen molar-refractivity contribution in [1.82, 2.24) is 9.88 Å². The number of para-hydroxylation sites is 1. The summed E-state index contributed by atoms with van der Waals surface area (Å²) in [5.74, 6) is -0.165. The smallest absolute Gasteiger partial charge is 0.270 e. The third kappa shape index (κ3) is 3.65. The van der Waals surface area contributed by atoms with Crippen molar-refractivity contribution in [3.63, 3.8) is 0 Å². The molecule has 2 aromatic carbocycles. The average Bonchev–Trinajstić information content (AvgIpc) is 3.23. The highest BCUT2D eigenvalue weighted by molar-refractivity contribution is 6.40. The van der Waals surface area contributed by atoms with Crippen LogP contribution in [0.25, 0.3) is 16.5 Å². The molecule has 5 rings (SSSR count). The molecule has 0 radical (unpaired) electrons. The number of anilines is 1. The van der Waals surface area contributed by atoms with Gasteiger partial charge in [0.25, 0.3) is 5.91 Å². The van der Waals surface area contributed by atoms with E-state index in [9.17, 15) is 9.59 Å². The number of hydrogen-bond donors (Lipinski definition) is 1. The number of benzene rings is 2. The van der Waals surface area contributed by atoms with Gasteiger partial charge in [0.1, 0.15) is 5.71 Å². The van der Waals surface area contributed by atoms with Crippen LogP contribution in [0.3, 0.4) is 0 Å². The van der Waals surface area contributed by atoms with Crippen molar-refractivity contribution in [3.05, 3.63) is 71.9 Å². The first-order valence-corrected chi connectivity index (χ1v) is 10.6. The van der Waals surface area contributed by atoms with Gasteiger partial charge < -0.3 is 9.88 Å². The molecule has 0 saturated carbocycles. The highest BCUT2D eigenvalue weighted by atomic mass is 16.2. The zero-order chi connectivity index (χ0) is 21.4. The van der Waals surface area contributed by atoms with Crippen LogP contribution in [0, 0.1) is 6.92 Å². The Kier molecular flexibility index (Phi) is 4.90. The Bertz CT molecular complexity index is 1240. The van der Waals surface area contributed by atoms with E-state index in [1.165, 1.54) is 21.5 Å². The number of rotatable bonds is 3. The van der Waals surface area contributed by atoms with Crippen LogP contribution in [0.15, 0.2) is 65.9 Å². The molecule has 0 spiro atoms. The lowest BCUT2D eigenvalue weighted by Gasteiger charge is -2.29. The molecular formula is C25H24N4O2. The van der Waals surface area contributed by atoms with Crippen LogP contribution in [-0.2, 0) is 9.59 Å². The number of aromatic nitrogens is 1. The maximum atomic E-state index is 13.1. The van der Waals surface area contributed by atoms with Crippen LogP contribution in [0.4, 0.5) is 5.69 Å². The topological polar surface area (TPSA) is 68.8 Å². The molecular weight excluding hydrogens is 388 g/mol. The summed E-state index contributed by atoms with van der Waals surface area (Å²) in [5.41, 5.74) is 5.78. The summed E-state index contributed by atoms with van der Waals surface area (Å²) < 4.78 is 0. The number of carbonyl (C=O) groups is 2. The van der Waals surface area contributed by atoms with Gasteiger partial charge in [-0.1, -0.05) is 36.4 Å². The van der Waals surface area contributed by atoms with E-state index in [1.807, 2.05) is 54.4 Å². The Labute approximate surface area is 180 Å². The van der Waals surface area contributed by atoms with Crippen LogP contribution in [0.5, 0.6) is 0 Å². The fourth-order valence-electron chi connectivity index (χ4n) is 4.29. The number of H-pyrrole nitrogens is 1. The van der Waals surface area contributed by atoms with Crippen LogP contribution >= 0.6 is 0 Å².